The molecular weight excluding hydrogens is 340 g/mol. The topological polar surface area (TPSA) is 95.7 Å². The van der Waals surface area contributed by atoms with Gasteiger partial charge in [-0.3, -0.25) is 4.79 Å². The molecule has 9 heteroatoms. The molecule has 1 aromatic rings. The first-order valence-electron chi connectivity index (χ1n) is 8.12. The maximum absolute atomic E-state index is 11.4. The van der Waals surface area contributed by atoms with Gasteiger partial charge in [0.25, 0.3) is 0 Å². The Balaban J connectivity index is 1.76. The van der Waals surface area contributed by atoms with Crippen LogP contribution in [0, 0.1) is 0 Å². The third kappa shape index (κ3) is 4.12. The minimum atomic E-state index is -0.362. The van der Waals surface area contributed by atoms with Crippen LogP contribution in [0.3, 0.4) is 0 Å². The number of hydrogen-bond acceptors (Lipinski definition) is 7. The summed E-state index contributed by atoms with van der Waals surface area (Å²) < 4.78 is 8.82. The van der Waals surface area contributed by atoms with Crippen LogP contribution in [-0.4, -0.2) is 68.0 Å². The van der Waals surface area contributed by atoms with Crippen LogP contribution in [0.2, 0.25) is 0 Å². The molecule has 3 rings (SSSR count). The van der Waals surface area contributed by atoms with Crippen LogP contribution in [0.1, 0.15) is 0 Å². The third-order valence-electron chi connectivity index (χ3n) is 4.14. The second-order valence-electron chi connectivity index (χ2n) is 5.91. The molecule has 4 N–H and O–H groups in total. The molecule has 8 nitrogen and oxygen atoms in total. The van der Waals surface area contributed by atoms with Crippen LogP contribution in [-0.2, 0) is 4.79 Å². The monoisotopic (exact) mass is 364 g/mol. The van der Waals surface area contributed by atoms with Crippen molar-refractivity contribution < 1.29 is 9.53 Å². The van der Waals surface area contributed by atoms with Crippen molar-refractivity contribution in [3.63, 3.8) is 0 Å². The summed E-state index contributed by atoms with van der Waals surface area (Å²) in [5.41, 5.74) is 6.05. The van der Waals surface area contributed by atoms with E-state index in [-0.39, 0.29) is 23.1 Å². The van der Waals surface area contributed by atoms with Crippen LogP contribution < -0.4 is 25.4 Å². The zero-order valence-corrected chi connectivity index (χ0v) is 15.3. The predicted octanol–water partition coefficient (Wildman–Crippen LogP) is -0.293. The number of ether oxygens (including phenoxy) is 1. The quantitative estimate of drug-likeness (QED) is 0.618. The summed E-state index contributed by atoms with van der Waals surface area (Å²) in [5, 5.41) is 4.70. The molecule has 0 aliphatic carbocycles. The molecule has 25 heavy (non-hydrogen) atoms. The van der Waals surface area contributed by atoms with Gasteiger partial charge in [-0.2, -0.15) is 0 Å². The highest BCUT2D eigenvalue weighted by Gasteiger charge is 2.20. The van der Waals surface area contributed by atoms with Crippen LogP contribution in [0.25, 0.3) is 0 Å². The molecular formula is C16H24N6O2S. The number of carbonyl (C=O) groups excluding carboxylic acids is 1. The zero-order chi connectivity index (χ0) is 17.8. The molecule has 3 heterocycles. The van der Waals surface area contributed by atoms with Gasteiger partial charge in [0.15, 0.2) is 11.6 Å². The smallest absolute Gasteiger partial charge is 0.238 e. The molecule has 1 atom stereocenters. The van der Waals surface area contributed by atoms with Crippen molar-refractivity contribution in [1.29, 1.82) is 0 Å². The van der Waals surface area contributed by atoms with E-state index in [4.69, 9.17) is 10.5 Å². The lowest BCUT2D eigenvalue weighted by molar-refractivity contribution is -0.118. The second-order valence-corrected chi connectivity index (χ2v) is 7.53. The lowest BCUT2D eigenvalue weighted by Gasteiger charge is -2.33. The van der Waals surface area contributed by atoms with Gasteiger partial charge in [0.2, 0.25) is 5.91 Å². The molecule has 1 saturated heterocycles. The highest BCUT2D eigenvalue weighted by molar-refractivity contribution is 8.13. The number of aromatic nitrogens is 1. The van der Waals surface area contributed by atoms with Gasteiger partial charge in [-0.15, -0.1) is 0 Å². The SMILES string of the molecule is COc1cc(S2=CC(NC(=O)CN)=CN2)cnc1N1CCN(C)CC1. The number of pyridine rings is 1. The molecule has 0 aromatic carbocycles. The van der Waals surface area contributed by atoms with Gasteiger partial charge in [-0.25, -0.2) is 4.98 Å². The number of nitrogens with zero attached hydrogens (tertiary/aromatic N) is 3. The summed E-state index contributed by atoms with van der Waals surface area (Å²) in [5.74, 6) is 1.44. The maximum atomic E-state index is 11.4. The second kappa shape index (κ2) is 7.85. The van der Waals surface area contributed by atoms with Gasteiger partial charge in [0.1, 0.15) is 0 Å². The Morgan fingerprint density at radius 3 is 2.88 bits per heavy atom. The number of nitrogens with two attached hydrogens (primary N) is 1. The van der Waals surface area contributed by atoms with Crippen molar-refractivity contribution in [1.82, 2.24) is 19.9 Å². The van der Waals surface area contributed by atoms with Gasteiger partial charge in [0.05, 0.1) is 19.4 Å². The number of piperazine rings is 1. The highest BCUT2D eigenvalue weighted by Crippen LogP contribution is 2.34. The van der Waals surface area contributed by atoms with Crippen LogP contribution in [0.15, 0.2) is 29.1 Å². The van der Waals surface area contributed by atoms with Crippen molar-refractivity contribution in [3.8, 4) is 5.75 Å². The van der Waals surface area contributed by atoms with E-state index in [1.165, 1.54) is 0 Å². The molecule has 1 aromatic heterocycles. The number of methoxy groups -OCH3 is 1. The first-order valence-corrected chi connectivity index (χ1v) is 9.41. The lowest BCUT2D eigenvalue weighted by Crippen LogP contribution is -2.44. The Labute approximate surface area is 150 Å². The van der Waals surface area contributed by atoms with Gasteiger partial charge in [0, 0.05) is 54.9 Å². The minimum absolute atomic E-state index is 0.0337. The predicted molar refractivity (Wildman–Crippen MR) is 101 cm³/mol. The highest BCUT2D eigenvalue weighted by atomic mass is 32.2. The van der Waals surface area contributed by atoms with E-state index in [1.54, 1.807) is 13.3 Å². The van der Waals surface area contributed by atoms with Gasteiger partial charge in [-0.1, -0.05) is 10.7 Å². The standard InChI is InChI=1S/C16H24N6O2S/c1-21-3-5-22(6-4-21)16-14(24-2)7-13(10-18-16)25-11-12(9-19-25)20-15(23)8-17/h7,9-11,19H,3-6,8,17H2,1-2H3,(H,20,23). The number of anilines is 1. The molecule has 0 radical (unpaired) electrons. The van der Waals surface area contributed by atoms with E-state index in [1.807, 2.05) is 17.6 Å². The molecule has 0 spiro atoms. The van der Waals surface area contributed by atoms with Crippen molar-refractivity contribution in [2.45, 2.75) is 4.90 Å². The average molecular weight is 364 g/mol. The summed E-state index contributed by atoms with van der Waals surface area (Å²) in [6, 6.07) is 2.01. The number of nitrogens with one attached hydrogen (secondary N) is 2. The van der Waals surface area contributed by atoms with Crippen molar-refractivity contribution in [2.75, 3.05) is 51.8 Å². The zero-order valence-electron chi connectivity index (χ0n) is 14.5. The van der Waals surface area contributed by atoms with E-state index in [2.05, 4.69) is 31.9 Å². The molecule has 136 valence electrons. The molecule has 1 unspecified atom stereocenters. The van der Waals surface area contributed by atoms with E-state index in [0.717, 1.165) is 48.3 Å². The Hall–Kier alpha value is -2.10. The summed E-state index contributed by atoms with van der Waals surface area (Å²) in [6.07, 6.45) is 3.64. The molecule has 1 fully saturated rings. The maximum Gasteiger partial charge on any atom is 0.238 e. The van der Waals surface area contributed by atoms with E-state index in [0.29, 0.717) is 0 Å². The molecule has 0 saturated carbocycles. The number of amides is 1. The van der Waals surface area contributed by atoms with Crippen molar-refractivity contribution in [2.24, 2.45) is 5.73 Å². The van der Waals surface area contributed by atoms with Crippen LogP contribution in [0.5, 0.6) is 5.75 Å². The summed E-state index contributed by atoms with van der Waals surface area (Å²) in [6.45, 7) is 3.87. The van der Waals surface area contributed by atoms with Gasteiger partial charge in [-0.05, 0) is 7.05 Å². The Morgan fingerprint density at radius 2 is 2.20 bits per heavy atom. The largest absolute Gasteiger partial charge is 0.493 e. The fourth-order valence-electron chi connectivity index (χ4n) is 2.68. The fourth-order valence-corrected chi connectivity index (χ4v) is 4.06. The van der Waals surface area contributed by atoms with Crippen molar-refractivity contribution in [3.05, 3.63) is 24.2 Å². The van der Waals surface area contributed by atoms with Crippen molar-refractivity contribution >= 4 is 27.8 Å². The average Bonchev–Trinajstić information content (AvgIpc) is 3.10. The van der Waals surface area contributed by atoms with Crippen LogP contribution in [0.4, 0.5) is 5.82 Å². The summed E-state index contributed by atoms with van der Waals surface area (Å²) in [7, 11) is 3.43. The Bertz CT molecular complexity index is 713. The summed E-state index contributed by atoms with van der Waals surface area (Å²) in [4.78, 5) is 21.6. The minimum Gasteiger partial charge on any atom is -0.493 e. The Morgan fingerprint density at radius 1 is 1.44 bits per heavy atom. The van der Waals surface area contributed by atoms with Gasteiger partial charge >= 0.3 is 0 Å². The summed E-state index contributed by atoms with van der Waals surface area (Å²) >= 11 is 0. The van der Waals surface area contributed by atoms with Crippen LogP contribution >= 0.6 is 10.7 Å². The third-order valence-corrected chi connectivity index (χ3v) is 5.73. The first kappa shape index (κ1) is 17.7. The number of allylic oxidation sites excluding steroid dienone is 1. The molecule has 0 bridgehead atoms. The normalized spacial score (nSPS) is 20.5. The number of likely N-dealkylation sites (N-methyl/N-ethyl adjacent to an activating group) is 1. The Kier molecular flexibility index (Phi) is 5.57. The number of carbonyl (C=O) groups is 1. The van der Waals surface area contributed by atoms with E-state index >= 15 is 0 Å². The number of rotatable bonds is 5. The molecule has 2 aliphatic rings. The number of hydrogen-bond donors (Lipinski definition) is 3. The lowest BCUT2D eigenvalue weighted by atomic mass is 10.3. The first-order chi connectivity index (χ1) is 12.1. The fraction of sp³-hybridized carbons (Fsp3) is 0.438. The molecule has 1 amide bonds. The van der Waals surface area contributed by atoms with E-state index in [9.17, 15) is 4.79 Å². The van der Waals surface area contributed by atoms with Gasteiger partial charge < -0.3 is 30.3 Å². The van der Waals surface area contributed by atoms with E-state index < -0.39 is 0 Å². The molecule has 2 aliphatic heterocycles.